The van der Waals surface area contributed by atoms with E-state index in [2.05, 4.69) is 33.9 Å². The van der Waals surface area contributed by atoms with Crippen LogP contribution in [0.1, 0.15) is 12.8 Å². The molecule has 0 fully saturated rings. The third kappa shape index (κ3) is 2.93. The number of aromatic nitrogens is 4. The maximum Gasteiger partial charge on any atom is 0.245 e. The minimum Gasteiger partial charge on any atom is -0.479 e. The molecule has 2 rings (SSSR count). The zero-order valence-corrected chi connectivity index (χ0v) is 11.6. The van der Waals surface area contributed by atoms with Crippen molar-refractivity contribution in [3.8, 4) is 5.88 Å². The normalized spacial score (nSPS) is 11.4. The summed E-state index contributed by atoms with van der Waals surface area (Å²) in [4.78, 5) is 14.7. The number of ether oxygens (including phenoxy) is 1. The molecule has 7 heteroatoms. The Hall–Kier alpha value is -1.89. The lowest BCUT2D eigenvalue weighted by Crippen LogP contribution is -2.14. The summed E-state index contributed by atoms with van der Waals surface area (Å²) in [5, 5.41) is 0. The highest BCUT2D eigenvalue weighted by Gasteiger charge is 2.13. The van der Waals surface area contributed by atoms with E-state index in [-0.39, 0.29) is 0 Å². The smallest absolute Gasteiger partial charge is 0.245 e. The molecule has 0 spiro atoms. The van der Waals surface area contributed by atoms with Crippen LogP contribution in [0.4, 0.5) is 5.95 Å². The molecule has 104 valence electrons. The van der Waals surface area contributed by atoms with Crippen molar-refractivity contribution < 1.29 is 4.74 Å². The van der Waals surface area contributed by atoms with Gasteiger partial charge in [-0.15, -0.1) is 0 Å². The van der Waals surface area contributed by atoms with Crippen LogP contribution >= 0.6 is 0 Å². The molecule has 2 aromatic rings. The molecular formula is C12H20N6O. The first kappa shape index (κ1) is 13.5. The first-order valence-electron chi connectivity index (χ1n) is 6.29. The molecule has 0 aromatic carbocycles. The Morgan fingerprint density at radius 1 is 1.32 bits per heavy atom. The van der Waals surface area contributed by atoms with Crippen molar-refractivity contribution in [2.75, 3.05) is 33.5 Å². The molecule has 2 heterocycles. The number of nitrogens with two attached hydrogens (primary N) is 1. The predicted molar refractivity (Wildman–Crippen MR) is 74.1 cm³/mol. The minimum absolute atomic E-state index is 0.457. The maximum atomic E-state index is 5.94. The van der Waals surface area contributed by atoms with Gasteiger partial charge in [0.05, 0.1) is 7.11 Å². The lowest BCUT2D eigenvalue weighted by atomic mass is 10.3. The fraction of sp³-hybridized carbons (Fsp3) is 0.583. The summed E-state index contributed by atoms with van der Waals surface area (Å²) in [6.45, 7) is 1.86. The Balaban J connectivity index is 2.16. The van der Waals surface area contributed by atoms with E-state index in [0.717, 1.165) is 31.6 Å². The van der Waals surface area contributed by atoms with Crippen LogP contribution in [0.15, 0.2) is 6.33 Å². The monoisotopic (exact) mass is 264 g/mol. The number of imidazole rings is 1. The molecule has 0 saturated heterocycles. The zero-order chi connectivity index (χ0) is 13.8. The molecule has 0 saturated carbocycles. The second-order valence-electron chi connectivity index (χ2n) is 4.69. The molecule has 19 heavy (non-hydrogen) atoms. The van der Waals surface area contributed by atoms with Crippen LogP contribution in [-0.2, 0) is 6.54 Å². The maximum absolute atomic E-state index is 5.94. The third-order valence-electron chi connectivity index (χ3n) is 2.96. The van der Waals surface area contributed by atoms with Crippen LogP contribution in [0.3, 0.4) is 0 Å². The zero-order valence-electron chi connectivity index (χ0n) is 11.6. The van der Waals surface area contributed by atoms with Gasteiger partial charge in [-0.05, 0) is 33.5 Å². The standard InChI is InChI=1S/C12H20N6O/c1-17(2)6-4-5-7-18-10-9(16-12(18)13)11(19-3)15-8-14-10/h8H,4-7H2,1-3H3,(H2,13,16). The Bertz CT molecular complexity index is 550. The number of nitrogens with zero attached hydrogens (tertiary/aromatic N) is 5. The van der Waals surface area contributed by atoms with E-state index >= 15 is 0 Å². The van der Waals surface area contributed by atoms with Crippen molar-refractivity contribution in [1.29, 1.82) is 0 Å². The van der Waals surface area contributed by atoms with E-state index in [1.54, 1.807) is 7.11 Å². The summed E-state index contributed by atoms with van der Waals surface area (Å²) in [5.41, 5.74) is 7.29. The number of rotatable bonds is 6. The third-order valence-corrected chi connectivity index (χ3v) is 2.96. The number of anilines is 1. The van der Waals surface area contributed by atoms with Crippen LogP contribution in [-0.4, -0.2) is 52.2 Å². The van der Waals surface area contributed by atoms with Crippen LogP contribution in [0.5, 0.6) is 5.88 Å². The van der Waals surface area contributed by atoms with E-state index in [9.17, 15) is 0 Å². The number of nitrogen functional groups attached to an aromatic ring is 1. The molecule has 0 amide bonds. The molecule has 0 aliphatic rings. The van der Waals surface area contributed by atoms with Crippen LogP contribution in [0.2, 0.25) is 0 Å². The Kier molecular flexibility index (Phi) is 4.16. The first-order valence-corrected chi connectivity index (χ1v) is 6.29. The molecule has 0 aliphatic heterocycles. The Labute approximate surface area is 112 Å². The highest BCUT2D eigenvalue weighted by molar-refractivity contribution is 5.78. The molecule has 0 unspecified atom stereocenters. The van der Waals surface area contributed by atoms with Crippen molar-refractivity contribution in [1.82, 2.24) is 24.4 Å². The number of unbranched alkanes of at least 4 members (excludes halogenated alkanes) is 1. The van der Waals surface area contributed by atoms with Gasteiger partial charge < -0.3 is 15.4 Å². The summed E-state index contributed by atoms with van der Waals surface area (Å²) in [6, 6.07) is 0. The van der Waals surface area contributed by atoms with Crippen molar-refractivity contribution in [2.45, 2.75) is 19.4 Å². The predicted octanol–water partition coefficient (Wildman–Crippen LogP) is 0.759. The van der Waals surface area contributed by atoms with Crippen LogP contribution in [0, 0.1) is 0 Å². The summed E-state index contributed by atoms with van der Waals surface area (Å²) in [6.07, 6.45) is 3.60. The van der Waals surface area contributed by atoms with E-state index in [1.165, 1.54) is 6.33 Å². The van der Waals surface area contributed by atoms with Gasteiger partial charge in [-0.1, -0.05) is 0 Å². The Morgan fingerprint density at radius 2 is 2.11 bits per heavy atom. The SMILES string of the molecule is COc1ncnc2c1nc(N)n2CCCCN(C)C. The van der Waals surface area contributed by atoms with E-state index in [0.29, 0.717) is 17.3 Å². The van der Waals surface area contributed by atoms with Crippen molar-refractivity contribution in [3.63, 3.8) is 0 Å². The topological polar surface area (TPSA) is 82.1 Å². The van der Waals surface area contributed by atoms with Crippen LogP contribution < -0.4 is 10.5 Å². The molecule has 0 atom stereocenters. The Morgan fingerprint density at radius 3 is 2.79 bits per heavy atom. The molecule has 0 radical (unpaired) electrons. The summed E-state index contributed by atoms with van der Waals surface area (Å²) in [7, 11) is 5.70. The second-order valence-corrected chi connectivity index (χ2v) is 4.69. The highest BCUT2D eigenvalue weighted by atomic mass is 16.5. The van der Waals surface area contributed by atoms with Gasteiger partial charge >= 0.3 is 0 Å². The fourth-order valence-electron chi connectivity index (χ4n) is 2.00. The van der Waals surface area contributed by atoms with Crippen molar-refractivity contribution in [2.24, 2.45) is 0 Å². The number of fused-ring (bicyclic) bond motifs is 1. The van der Waals surface area contributed by atoms with Crippen molar-refractivity contribution >= 4 is 17.1 Å². The lowest BCUT2D eigenvalue weighted by Gasteiger charge is -2.10. The lowest BCUT2D eigenvalue weighted by molar-refractivity contribution is 0.388. The van der Waals surface area contributed by atoms with E-state index < -0.39 is 0 Å². The van der Waals surface area contributed by atoms with Crippen molar-refractivity contribution in [3.05, 3.63) is 6.33 Å². The highest BCUT2D eigenvalue weighted by Crippen LogP contribution is 2.22. The summed E-state index contributed by atoms with van der Waals surface area (Å²) < 4.78 is 7.08. The van der Waals surface area contributed by atoms with Crippen LogP contribution in [0.25, 0.3) is 11.2 Å². The van der Waals surface area contributed by atoms with Gasteiger partial charge in [-0.25, -0.2) is 9.97 Å². The summed E-state index contributed by atoms with van der Waals surface area (Å²) >= 11 is 0. The minimum atomic E-state index is 0.457. The molecular weight excluding hydrogens is 244 g/mol. The summed E-state index contributed by atoms with van der Waals surface area (Å²) in [5.74, 6) is 0.919. The van der Waals surface area contributed by atoms with E-state index in [1.807, 2.05) is 4.57 Å². The molecule has 7 nitrogen and oxygen atoms in total. The average Bonchev–Trinajstić information content (AvgIpc) is 2.70. The molecule has 0 aliphatic carbocycles. The van der Waals surface area contributed by atoms with Gasteiger partial charge in [0.2, 0.25) is 11.8 Å². The average molecular weight is 264 g/mol. The van der Waals surface area contributed by atoms with Gasteiger partial charge in [0.15, 0.2) is 11.2 Å². The fourth-order valence-corrected chi connectivity index (χ4v) is 2.00. The number of methoxy groups -OCH3 is 1. The largest absolute Gasteiger partial charge is 0.479 e. The van der Waals surface area contributed by atoms with Gasteiger partial charge in [-0.2, -0.15) is 4.98 Å². The number of aryl methyl sites for hydroxylation is 1. The molecule has 2 N–H and O–H groups in total. The molecule has 2 aromatic heterocycles. The first-order chi connectivity index (χ1) is 9.13. The molecule has 0 bridgehead atoms. The quantitative estimate of drug-likeness (QED) is 0.776. The van der Waals surface area contributed by atoms with Gasteiger partial charge in [-0.3, -0.25) is 4.57 Å². The number of hydrogen-bond donors (Lipinski definition) is 1. The van der Waals surface area contributed by atoms with Gasteiger partial charge in [0.1, 0.15) is 6.33 Å². The van der Waals surface area contributed by atoms with Gasteiger partial charge in [0.25, 0.3) is 0 Å². The second kappa shape index (κ2) is 5.83. The van der Waals surface area contributed by atoms with E-state index in [4.69, 9.17) is 10.5 Å². The van der Waals surface area contributed by atoms with Gasteiger partial charge in [0, 0.05) is 6.54 Å². The number of hydrogen-bond acceptors (Lipinski definition) is 6.